The zero-order chi connectivity index (χ0) is 11.8. The number of carbonyl (C=O) groups is 1. The second-order valence-corrected chi connectivity index (χ2v) is 5.75. The number of rotatable bonds is 4. The van der Waals surface area contributed by atoms with Crippen LogP contribution in [0, 0.1) is 12.3 Å². The van der Waals surface area contributed by atoms with Crippen LogP contribution in [0.25, 0.3) is 0 Å². The van der Waals surface area contributed by atoms with Crippen LogP contribution in [0.4, 0.5) is 0 Å². The van der Waals surface area contributed by atoms with Crippen LogP contribution in [0.1, 0.15) is 22.7 Å². The van der Waals surface area contributed by atoms with Crippen molar-refractivity contribution in [2.24, 2.45) is 11.1 Å². The predicted octanol–water partition coefficient (Wildman–Crippen LogP) is 1.13. The standard InChI is InChI=1S/C10H13N3OS2/c1-6-4-12-7(16-6)5-13-9(14)10(2-3-10)8(11)15/h4H,2-3,5H2,1H3,(H2,11,15)(H,13,14). The van der Waals surface area contributed by atoms with E-state index < -0.39 is 5.41 Å². The molecule has 0 atom stereocenters. The fourth-order valence-electron chi connectivity index (χ4n) is 1.52. The summed E-state index contributed by atoms with van der Waals surface area (Å²) in [7, 11) is 0. The molecule has 0 spiro atoms. The van der Waals surface area contributed by atoms with E-state index in [1.165, 1.54) is 0 Å². The number of hydrogen-bond acceptors (Lipinski definition) is 4. The van der Waals surface area contributed by atoms with Gasteiger partial charge in [0.1, 0.15) is 5.01 Å². The molecule has 1 amide bonds. The maximum Gasteiger partial charge on any atom is 0.233 e. The van der Waals surface area contributed by atoms with Gasteiger partial charge in [0, 0.05) is 11.1 Å². The van der Waals surface area contributed by atoms with Crippen LogP contribution in [0.5, 0.6) is 0 Å². The van der Waals surface area contributed by atoms with Crippen molar-refractivity contribution in [3.63, 3.8) is 0 Å². The molecule has 1 saturated carbocycles. The van der Waals surface area contributed by atoms with E-state index in [-0.39, 0.29) is 5.91 Å². The largest absolute Gasteiger partial charge is 0.392 e. The Morgan fingerprint density at radius 2 is 2.44 bits per heavy atom. The molecule has 1 aromatic heterocycles. The Balaban J connectivity index is 1.92. The lowest BCUT2D eigenvalue weighted by Gasteiger charge is -2.12. The highest BCUT2D eigenvalue weighted by molar-refractivity contribution is 7.80. The van der Waals surface area contributed by atoms with Crippen molar-refractivity contribution in [1.82, 2.24) is 10.3 Å². The van der Waals surface area contributed by atoms with Crippen LogP contribution in [0.3, 0.4) is 0 Å². The lowest BCUT2D eigenvalue weighted by atomic mass is 10.1. The topological polar surface area (TPSA) is 68.0 Å². The van der Waals surface area contributed by atoms with Gasteiger partial charge in [-0.1, -0.05) is 12.2 Å². The first-order valence-corrected chi connectivity index (χ1v) is 6.26. The molecule has 1 fully saturated rings. The molecule has 1 heterocycles. The van der Waals surface area contributed by atoms with Gasteiger partial charge in [0.15, 0.2) is 0 Å². The Bertz CT molecular complexity index is 437. The van der Waals surface area contributed by atoms with E-state index in [1.807, 2.05) is 6.92 Å². The molecule has 6 heteroatoms. The van der Waals surface area contributed by atoms with Crippen LogP contribution in [0.2, 0.25) is 0 Å². The number of thiazole rings is 1. The minimum absolute atomic E-state index is 0.0622. The van der Waals surface area contributed by atoms with E-state index in [2.05, 4.69) is 10.3 Å². The third-order valence-corrected chi connectivity index (χ3v) is 4.03. The second-order valence-electron chi connectivity index (χ2n) is 3.99. The summed E-state index contributed by atoms with van der Waals surface area (Å²) < 4.78 is 0. The molecule has 16 heavy (non-hydrogen) atoms. The summed E-state index contributed by atoms with van der Waals surface area (Å²) in [5, 5.41) is 3.74. The number of nitrogens with zero attached hydrogens (tertiary/aromatic N) is 1. The Morgan fingerprint density at radius 1 is 1.75 bits per heavy atom. The summed E-state index contributed by atoms with van der Waals surface area (Å²) in [6.07, 6.45) is 3.34. The normalized spacial score (nSPS) is 16.8. The molecule has 1 aromatic rings. The average Bonchev–Trinajstić information content (AvgIpc) is 2.95. The summed E-state index contributed by atoms with van der Waals surface area (Å²) in [5.74, 6) is -0.0622. The molecule has 0 aromatic carbocycles. The average molecular weight is 255 g/mol. The SMILES string of the molecule is Cc1cnc(CNC(=O)C2(C(N)=S)CC2)s1. The number of carbonyl (C=O) groups excluding carboxylic acids is 1. The van der Waals surface area contributed by atoms with E-state index in [0.717, 1.165) is 22.7 Å². The number of hydrogen-bond donors (Lipinski definition) is 2. The van der Waals surface area contributed by atoms with Crippen LogP contribution in [0.15, 0.2) is 6.20 Å². The van der Waals surface area contributed by atoms with Crippen molar-refractivity contribution < 1.29 is 4.79 Å². The van der Waals surface area contributed by atoms with E-state index in [1.54, 1.807) is 17.5 Å². The number of nitrogens with one attached hydrogen (secondary N) is 1. The number of amides is 1. The Hall–Kier alpha value is -1.01. The number of nitrogens with two attached hydrogens (primary N) is 1. The van der Waals surface area contributed by atoms with E-state index >= 15 is 0 Å². The minimum atomic E-state index is -0.568. The fraction of sp³-hybridized carbons (Fsp3) is 0.500. The van der Waals surface area contributed by atoms with Crippen LogP contribution >= 0.6 is 23.6 Å². The second kappa shape index (κ2) is 4.10. The van der Waals surface area contributed by atoms with Crippen LogP contribution in [-0.4, -0.2) is 15.9 Å². The first-order chi connectivity index (χ1) is 7.54. The van der Waals surface area contributed by atoms with Gasteiger partial charge in [-0.2, -0.15) is 0 Å². The zero-order valence-corrected chi connectivity index (χ0v) is 10.6. The van der Waals surface area contributed by atoms with Gasteiger partial charge in [-0.25, -0.2) is 4.98 Å². The van der Waals surface area contributed by atoms with Crippen molar-refractivity contribution in [2.45, 2.75) is 26.3 Å². The Kier molecular flexibility index (Phi) is 2.94. The molecular weight excluding hydrogens is 242 g/mol. The van der Waals surface area contributed by atoms with Crippen molar-refractivity contribution in [3.8, 4) is 0 Å². The van der Waals surface area contributed by atoms with Gasteiger partial charge in [0.05, 0.1) is 16.9 Å². The third kappa shape index (κ3) is 2.08. The number of aromatic nitrogens is 1. The van der Waals surface area contributed by atoms with Gasteiger partial charge in [-0.15, -0.1) is 11.3 Å². The molecule has 0 saturated heterocycles. The molecule has 86 valence electrons. The molecule has 1 aliphatic rings. The lowest BCUT2D eigenvalue weighted by Crippen LogP contribution is -2.39. The molecule has 1 aliphatic carbocycles. The summed E-state index contributed by atoms with van der Waals surface area (Å²) in [4.78, 5) is 17.5. The zero-order valence-electron chi connectivity index (χ0n) is 8.95. The monoisotopic (exact) mass is 255 g/mol. The van der Waals surface area contributed by atoms with Gasteiger partial charge >= 0.3 is 0 Å². The van der Waals surface area contributed by atoms with Crippen LogP contribution in [-0.2, 0) is 11.3 Å². The first-order valence-electron chi connectivity index (χ1n) is 5.04. The molecule has 2 rings (SSSR count). The minimum Gasteiger partial charge on any atom is -0.392 e. The highest BCUT2D eigenvalue weighted by atomic mass is 32.1. The Morgan fingerprint density at radius 3 is 2.88 bits per heavy atom. The maximum atomic E-state index is 11.8. The highest BCUT2D eigenvalue weighted by Crippen LogP contribution is 2.46. The molecule has 4 nitrogen and oxygen atoms in total. The molecule has 0 radical (unpaired) electrons. The summed E-state index contributed by atoms with van der Waals surface area (Å²) in [6, 6.07) is 0. The molecule has 0 bridgehead atoms. The van der Waals surface area contributed by atoms with Gasteiger partial charge in [-0.05, 0) is 19.8 Å². The number of aryl methyl sites for hydroxylation is 1. The first kappa shape index (κ1) is 11.5. The Labute approximate surface area is 103 Å². The molecule has 0 aliphatic heterocycles. The van der Waals surface area contributed by atoms with E-state index in [0.29, 0.717) is 11.5 Å². The summed E-state index contributed by atoms with van der Waals surface area (Å²) in [6.45, 7) is 2.45. The van der Waals surface area contributed by atoms with Crippen molar-refractivity contribution >= 4 is 34.5 Å². The quantitative estimate of drug-likeness (QED) is 0.792. The summed E-state index contributed by atoms with van der Waals surface area (Å²) in [5.41, 5.74) is 5.00. The predicted molar refractivity (Wildman–Crippen MR) is 67.2 cm³/mol. The highest BCUT2D eigenvalue weighted by Gasteiger charge is 2.52. The smallest absolute Gasteiger partial charge is 0.233 e. The summed E-state index contributed by atoms with van der Waals surface area (Å²) >= 11 is 6.49. The van der Waals surface area contributed by atoms with E-state index in [4.69, 9.17) is 18.0 Å². The van der Waals surface area contributed by atoms with E-state index in [9.17, 15) is 4.79 Å². The molecule has 0 unspecified atom stereocenters. The fourth-order valence-corrected chi connectivity index (χ4v) is 2.54. The van der Waals surface area contributed by atoms with Gasteiger partial charge in [0.2, 0.25) is 5.91 Å². The van der Waals surface area contributed by atoms with Gasteiger partial charge in [0.25, 0.3) is 0 Å². The van der Waals surface area contributed by atoms with Crippen LogP contribution < -0.4 is 11.1 Å². The molecular formula is C10H13N3OS2. The maximum absolute atomic E-state index is 11.8. The number of thiocarbonyl (C=S) groups is 1. The van der Waals surface area contributed by atoms with Crippen molar-refractivity contribution in [2.75, 3.05) is 0 Å². The van der Waals surface area contributed by atoms with Gasteiger partial charge < -0.3 is 11.1 Å². The third-order valence-electron chi connectivity index (χ3n) is 2.73. The van der Waals surface area contributed by atoms with Crippen molar-refractivity contribution in [3.05, 3.63) is 16.1 Å². The lowest BCUT2D eigenvalue weighted by molar-refractivity contribution is -0.124. The molecule has 3 N–H and O–H groups in total. The van der Waals surface area contributed by atoms with Crippen molar-refractivity contribution in [1.29, 1.82) is 0 Å². The van der Waals surface area contributed by atoms with Gasteiger partial charge in [-0.3, -0.25) is 4.79 Å².